The summed E-state index contributed by atoms with van der Waals surface area (Å²) in [4.78, 5) is 39.8. The number of aryl methyl sites for hydroxylation is 1. The van der Waals surface area contributed by atoms with Gasteiger partial charge in [0, 0.05) is 10.6 Å². The molecule has 0 saturated carbocycles. The summed E-state index contributed by atoms with van der Waals surface area (Å²) >= 11 is 8.31. The van der Waals surface area contributed by atoms with E-state index in [9.17, 15) is 14.4 Å². The monoisotopic (exact) mass is 708 g/mol. The molecule has 1 saturated heterocycles. The number of halogens is 2. The van der Waals surface area contributed by atoms with Crippen molar-refractivity contribution in [1.82, 2.24) is 5.32 Å². The highest BCUT2D eigenvalue weighted by Gasteiger charge is 2.37. The number of nitrogens with one attached hydrogen (secondary N) is 1. The number of carbonyl (C=O) groups is 3. The smallest absolute Gasteiger partial charge is 0.335 e. The lowest BCUT2D eigenvalue weighted by Gasteiger charge is -2.26. The second-order valence-electron chi connectivity index (χ2n) is 9.64. The Hall–Kier alpha value is -4.35. The largest absolute Gasteiger partial charge is 0.493 e. The fraction of sp³-hybridized carbons (Fsp3) is 0.121. The molecule has 1 heterocycles. The van der Waals surface area contributed by atoms with Gasteiger partial charge in [-0.15, -0.1) is 0 Å². The van der Waals surface area contributed by atoms with Crippen molar-refractivity contribution in [2.24, 2.45) is 0 Å². The van der Waals surface area contributed by atoms with Crippen molar-refractivity contribution in [1.29, 1.82) is 0 Å². The maximum atomic E-state index is 13.4. The van der Waals surface area contributed by atoms with Gasteiger partial charge in [-0.1, -0.05) is 59.6 Å². The number of hydrogen-bond donors (Lipinski definition) is 1. The van der Waals surface area contributed by atoms with Crippen LogP contribution in [0.25, 0.3) is 6.08 Å². The summed E-state index contributed by atoms with van der Waals surface area (Å²) in [5, 5.41) is 2.84. The van der Waals surface area contributed by atoms with Crippen LogP contribution in [0.2, 0.25) is 5.02 Å². The molecule has 0 atom stereocenters. The number of anilines is 1. The Balaban J connectivity index is 1.34. The maximum Gasteiger partial charge on any atom is 0.335 e. The van der Waals surface area contributed by atoms with Crippen LogP contribution in [-0.4, -0.2) is 25.0 Å². The number of imide groups is 2. The van der Waals surface area contributed by atoms with Gasteiger partial charge in [0.15, 0.2) is 11.5 Å². The van der Waals surface area contributed by atoms with Crippen LogP contribution in [-0.2, 0) is 22.8 Å². The number of methoxy groups -OCH3 is 1. The quantitative estimate of drug-likeness (QED) is 0.113. The van der Waals surface area contributed by atoms with Crippen LogP contribution >= 0.6 is 34.2 Å². The Morgan fingerprint density at radius 3 is 2.33 bits per heavy atom. The summed E-state index contributed by atoms with van der Waals surface area (Å²) in [5.41, 5.74) is 3.58. The number of nitrogens with zero attached hydrogens (tertiary/aromatic N) is 1. The van der Waals surface area contributed by atoms with Crippen molar-refractivity contribution in [3.63, 3.8) is 0 Å². The number of rotatable bonds is 9. The lowest BCUT2D eigenvalue weighted by Crippen LogP contribution is -2.54. The molecular formula is C33H26ClIN2O6. The molecule has 0 aromatic heterocycles. The van der Waals surface area contributed by atoms with E-state index in [1.54, 1.807) is 42.5 Å². The normalized spacial score (nSPS) is 14.1. The van der Waals surface area contributed by atoms with E-state index in [-0.39, 0.29) is 17.9 Å². The van der Waals surface area contributed by atoms with E-state index >= 15 is 0 Å². The van der Waals surface area contributed by atoms with Gasteiger partial charge in [-0.3, -0.25) is 14.9 Å². The average Bonchev–Trinajstić information content (AvgIpc) is 2.99. The zero-order valence-corrected chi connectivity index (χ0v) is 26.1. The molecule has 1 aliphatic rings. The predicted octanol–water partition coefficient (Wildman–Crippen LogP) is 7.09. The van der Waals surface area contributed by atoms with Crippen molar-refractivity contribution in [2.75, 3.05) is 12.0 Å². The molecule has 0 unspecified atom stereocenters. The van der Waals surface area contributed by atoms with Gasteiger partial charge in [0.05, 0.1) is 16.4 Å². The van der Waals surface area contributed by atoms with E-state index in [4.69, 9.17) is 25.8 Å². The molecule has 4 aromatic rings. The Bertz CT molecular complexity index is 1720. The van der Waals surface area contributed by atoms with E-state index in [1.165, 1.54) is 13.2 Å². The Morgan fingerprint density at radius 2 is 1.63 bits per heavy atom. The third-order valence-electron chi connectivity index (χ3n) is 6.62. The summed E-state index contributed by atoms with van der Waals surface area (Å²) in [7, 11) is 1.52. The number of hydrogen-bond acceptors (Lipinski definition) is 6. The highest BCUT2D eigenvalue weighted by atomic mass is 127. The van der Waals surface area contributed by atoms with Crippen molar-refractivity contribution in [3.8, 4) is 17.2 Å². The predicted molar refractivity (Wildman–Crippen MR) is 172 cm³/mol. The molecule has 43 heavy (non-hydrogen) atoms. The molecule has 0 spiro atoms. The summed E-state index contributed by atoms with van der Waals surface area (Å²) < 4.78 is 18.1. The van der Waals surface area contributed by atoms with Crippen LogP contribution in [0.1, 0.15) is 22.3 Å². The highest BCUT2D eigenvalue weighted by molar-refractivity contribution is 14.1. The number of carbonyl (C=O) groups excluding carboxylic acids is 3. The molecule has 1 fully saturated rings. The van der Waals surface area contributed by atoms with Gasteiger partial charge in [0.1, 0.15) is 24.5 Å². The Kier molecular flexibility index (Phi) is 9.32. The zero-order chi connectivity index (χ0) is 30.5. The van der Waals surface area contributed by atoms with E-state index in [2.05, 4.69) is 27.9 Å². The van der Waals surface area contributed by atoms with Gasteiger partial charge in [0.25, 0.3) is 11.8 Å². The lowest BCUT2D eigenvalue weighted by molar-refractivity contribution is -0.122. The van der Waals surface area contributed by atoms with Gasteiger partial charge in [0.2, 0.25) is 0 Å². The van der Waals surface area contributed by atoms with Crippen LogP contribution in [0.15, 0.2) is 90.5 Å². The first-order chi connectivity index (χ1) is 20.7. The Labute approximate surface area is 267 Å². The van der Waals surface area contributed by atoms with Crippen LogP contribution in [0.4, 0.5) is 10.5 Å². The fourth-order valence-corrected chi connectivity index (χ4v) is 5.30. The standard InChI is InChI=1S/C33H26ClIN2O6/c1-20-7-9-21(10-8-20)18-43-30-28(35)16-22(17-29(30)41-2)15-26-31(38)36-33(40)37(32(26)39)24-11-13-25(14-12-24)42-19-23-5-3-4-6-27(23)34/h3-17H,18-19H2,1-2H3,(H,36,38,40)/b26-15+. The topological polar surface area (TPSA) is 94.2 Å². The number of benzene rings is 4. The molecule has 5 rings (SSSR count). The number of amides is 4. The van der Waals surface area contributed by atoms with E-state index < -0.39 is 17.8 Å². The van der Waals surface area contributed by atoms with Gasteiger partial charge >= 0.3 is 6.03 Å². The van der Waals surface area contributed by atoms with Gasteiger partial charge in [-0.2, -0.15) is 0 Å². The molecule has 4 aromatic carbocycles. The zero-order valence-electron chi connectivity index (χ0n) is 23.2. The molecule has 8 nitrogen and oxygen atoms in total. The van der Waals surface area contributed by atoms with Crippen LogP contribution in [0.3, 0.4) is 0 Å². The van der Waals surface area contributed by atoms with Crippen molar-refractivity contribution >= 4 is 63.8 Å². The number of ether oxygens (including phenoxy) is 3. The van der Waals surface area contributed by atoms with Crippen molar-refractivity contribution in [2.45, 2.75) is 20.1 Å². The summed E-state index contributed by atoms with van der Waals surface area (Å²) in [5.74, 6) is -0.0488. The second-order valence-corrected chi connectivity index (χ2v) is 11.2. The minimum absolute atomic E-state index is 0.204. The molecule has 0 aliphatic carbocycles. The molecular weight excluding hydrogens is 683 g/mol. The van der Waals surface area contributed by atoms with E-state index in [1.807, 2.05) is 49.4 Å². The van der Waals surface area contributed by atoms with E-state index in [0.29, 0.717) is 34.4 Å². The molecule has 10 heteroatoms. The SMILES string of the molecule is COc1cc(/C=C2\C(=O)NC(=O)N(c3ccc(OCc4ccccc4Cl)cc3)C2=O)cc(I)c1OCc1ccc(C)cc1. The molecule has 1 aliphatic heterocycles. The highest BCUT2D eigenvalue weighted by Crippen LogP contribution is 2.36. The van der Waals surface area contributed by atoms with Gasteiger partial charge < -0.3 is 14.2 Å². The third kappa shape index (κ3) is 7.00. The summed E-state index contributed by atoms with van der Waals surface area (Å²) in [6.07, 6.45) is 1.42. The van der Waals surface area contributed by atoms with Crippen molar-refractivity contribution in [3.05, 3.63) is 121 Å². The molecule has 0 radical (unpaired) electrons. The minimum atomic E-state index is -0.844. The first-order valence-corrected chi connectivity index (χ1v) is 14.6. The van der Waals surface area contributed by atoms with Gasteiger partial charge in [-0.05, 0) is 89.2 Å². The van der Waals surface area contributed by atoms with Crippen LogP contribution in [0, 0.1) is 10.5 Å². The molecule has 4 amide bonds. The first-order valence-electron chi connectivity index (χ1n) is 13.2. The van der Waals surface area contributed by atoms with Crippen molar-refractivity contribution < 1.29 is 28.6 Å². The number of urea groups is 1. The maximum absolute atomic E-state index is 13.4. The molecule has 218 valence electrons. The minimum Gasteiger partial charge on any atom is -0.493 e. The van der Waals surface area contributed by atoms with E-state index in [0.717, 1.165) is 25.2 Å². The first kappa shape index (κ1) is 30.1. The lowest BCUT2D eigenvalue weighted by atomic mass is 10.1. The Morgan fingerprint density at radius 1 is 0.907 bits per heavy atom. The molecule has 1 N–H and O–H groups in total. The molecule has 0 bridgehead atoms. The summed E-state index contributed by atoms with van der Waals surface area (Å²) in [6.45, 7) is 2.61. The average molecular weight is 709 g/mol. The third-order valence-corrected chi connectivity index (χ3v) is 7.79. The fourth-order valence-electron chi connectivity index (χ4n) is 4.33. The number of barbiturate groups is 1. The summed E-state index contributed by atoms with van der Waals surface area (Å²) in [6, 6.07) is 24.4. The van der Waals surface area contributed by atoms with Crippen LogP contribution in [0.5, 0.6) is 17.2 Å². The van der Waals surface area contributed by atoms with Gasteiger partial charge in [-0.25, -0.2) is 9.69 Å². The second kappa shape index (κ2) is 13.3. The van der Waals surface area contributed by atoms with Crippen LogP contribution < -0.4 is 24.4 Å².